The Morgan fingerprint density at radius 3 is 2.75 bits per heavy atom. The summed E-state index contributed by atoms with van der Waals surface area (Å²) in [7, 11) is 0. The maximum absolute atomic E-state index is 12.5. The Kier molecular flexibility index (Phi) is 3.55. The standard InChI is InChI=1S/C16H23N3O/c1-10-6-7-13(11(10)2)19-16(20)12-4-3-5-14-15(12)18-9-8-17-14/h3-5,10-11,13,17-18H,6-9H2,1-2H3,(H,19,20). The molecule has 0 radical (unpaired) electrons. The number of anilines is 2. The van der Waals surface area contributed by atoms with Gasteiger partial charge >= 0.3 is 0 Å². The van der Waals surface area contributed by atoms with E-state index in [1.165, 1.54) is 6.42 Å². The minimum absolute atomic E-state index is 0.0454. The third-order valence-corrected chi connectivity index (χ3v) is 4.83. The average molecular weight is 273 g/mol. The van der Waals surface area contributed by atoms with Crippen molar-refractivity contribution in [3.8, 4) is 0 Å². The van der Waals surface area contributed by atoms with Gasteiger partial charge in [0.15, 0.2) is 0 Å². The Balaban J connectivity index is 1.78. The van der Waals surface area contributed by atoms with Gasteiger partial charge in [0.1, 0.15) is 0 Å². The summed E-state index contributed by atoms with van der Waals surface area (Å²) in [6.45, 7) is 6.26. The fourth-order valence-electron chi connectivity index (χ4n) is 3.28. The molecule has 3 atom stereocenters. The summed E-state index contributed by atoms with van der Waals surface area (Å²) in [4.78, 5) is 12.5. The molecule has 1 heterocycles. The highest BCUT2D eigenvalue weighted by atomic mass is 16.1. The fraction of sp³-hybridized carbons (Fsp3) is 0.562. The molecule has 1 aromatic carbocycles. The van der Waals surface area contributed by atoms with E-state index in [4.69, 9.17) is 0 Å². The van der Waals surface area contributed by atoms with Gasteiger partial charge in [-0.25, -0.2) is 0 Å². The van der Waals surface area contributed by atoms with Crippen LogP contribution in [0.25, 0.3) is 0 Å². The average Bonchev–Trinajstić information content (AvgIpc) is 2.78. The summed E-state index contributed by atoms with van der Waals surface area (Å²) in [5.41, 5.74) is 2.72. The molecule has 1 aromatic rings. The van der Waals surface area contributed by atoms with Crippen molar-refractivity contribution in [3.63, 3.8) is 0 Å². The normalized spacial score (nSPS) is 28.2. The van der Waals surface area contributed by atoms with Gasteiger partial charge in [-0.1, -0.05) is 19.9 Å². The molecule has 0 bridgehead atoms. The molecule has 1 amide bonds. The van der Waals surface area contributed by atoms with Crippen LogP contribution >= 0.6 is 0 Å². The molecule has 3 unspecified atom stereocenters. The van der Waals surface area contributed by atoms with Gasteiger partial charge in [-0.3, -0.25) is 4.79 Å². The first-order valence-electron chi connectivity index (χ1n) is 7.58. The maximum Gasteiger partial charge on any atom is 0.253 e. The lowest BCUT2D eigenvalue weighted by molar-refractivity contribution is 0.0928. The Bertz CT molecular complexity index is 514. The van der Waals surface area contributed by atoms with E-state index < -0.39 is 0 Å². The minimum atomic E-state index is 0.0454. The first-order valence-corrected chi connectivity index (χ1v) is 7.58. The highest BCUT2D eigenvalue weighted by molar-refractivity contribution is 6.03. The lowest BCUT2D eigenvalue weighted by Crippen LogP contribution is -2.38. The highest BCUT2D eigenvalue weighted by Gasteiger charge is 2.31. The minimum Gasteiger partial charge on any atom is -0.382 e. The largest absolute Gasteiger partial charge is 0.382 e. The van der Waals surface area contributed by atoms with Crippen LogP contribution in [0.5, 0.6) is 0 Å². The van der Waals surface area contributed by atoms with Crippen LogP contribution in [0.15, 0.2) is 18.2 Å². The van der Waals surface area contributed by atoms with Crippen molar-refractivity contribution in [1.82, 2.24) is 5.32 Å². The second kappa shape index (κ2) is 5.35. The molecular formula is C16H23N3O. The molecule has 3 rings (SSSR count). The number of amides is 1. The van der Waals surface area contributed by atoms with Crippen LogP contribution in [0.2, 0.25) is 0 Å². The van der Waals surface area contributed by atoms with Crippen molar-refractivity contribution < 1.29 is 4.79 Å². The van der Waals surface area contributed by atoms with Crippen LogP contribution in [-0.4, -0.2) is 25.0 Å². The van der Waals surface area contributed by atoms with Crippen molar-refractivity contribution in [1.29, 1.82) is 0 Å². The number of para-hydroxylation sites is 1. The predicted octanol–water partition coefficient (Wildman–Crippen LogP) is 2.69. The van der Waals surface area contributed by atoms with Gasteiger partial charge < -0.3 is 16.0 Å². The zero-order chi connectivity index (χ0) is 14.1. The van der Waals surface area contributed by atoms with Gasteiger partial charge in [0, 0.05) is 19.1 Å². The summed E-state index contributed by atoms with van der Waals surface area (Å²) in [6.07, 6.45) is 2.30. The predicted molar refractivity (Wildman–Crippen MR) is 82.2 cm³/mol. The van der Waals surface area contributed by atoms with E-state index in [1.807, 2.05) is 18.2 Å². The van der Waals surface area contributed by atoms with Crippen LogP contribution in [0, 0.1) is 11.8 Å². The molecule has 2 aliphatic rings. The van der Waals surface area contributed by atoms with Gasteiger partial charge in [-0.15, -0.1) is 0 Å². The van der Waals surface area contributed by atoms with E-state index in [9.17, 15) is 4.79 Å². The third-order valence-electron chi connectivity index (χ3n) is 4.83. The quantitative estimate of drug-likeness (QED) is 0.776. The number of carbonyl (C=O) groups is 1. The van der Waals surface area contributed by atoms with Crippen LogP contribution in [-0.2, 0) is 0 Å². The number of benzene rings is 1. The lowest BCUT2D eigenvalue weighted by atomic mass is 9.97. The summed E-state index contributed by atoms with van der Waals surface area (Å²) < 4.78 is 0. The zero-order valence-electron chi connectivity index (χ0n) is 12.2. The maximum atomic E-state index is 12.5. The van der Waals surface area contributed by atoms with Crippen molar-refractivity contribution >= 4 is 17.3 Å². The number of nitrogens with one attached hydrogen (secondary N) is 3. The molecule has 1 aliphatic heterocycles. The van der Waals surface area contributed by atoms with Gasteiger partial charge in [0.25, 0.3) is 5.91 Å². The van der Waals surface area contributed by atoms with Crippen molar-refractivity contribution in [3.05, 3.63) is 23.8 Å². The molecule has 0 saturated heterocycles. The SMILES string of the molecule is CC1CCC(NC(=O)c2cccc3c2NCCN3)C1C. The molecule has 4 nitrogen and oxygen atoms in total. The van der Waals surface area contributed by atoms with E-state index in [2.05, 4.69) is 29.8 Å². The van der Waals surface area contributed by atoms with E-state index >= 15 is 0 Å². The molecule has 1 aliphatic carbocycles. The molecule has 0 aromatic heterocycles. The third kappa shape index (κ3) is 2.35. The van der Waals surface area contributed by atoms with E-state index in [-0.39, 0.29) is 5.91 Å². The van der Waals surface area contributed by atoms with Gasteiger partial charge in [0.2, 0.25) is 0 Å². The summed E-state index contributed by atoms with van der Waals surface area (Å²) in [6, 6.07) is 6.16. The molecule has 1 fully saturated rings. The summed E-state index contributed by atoms with van der Waals surface area (Å²) in [5.74, 6) is 1.30. The molecular weight excluding hydrogens is 250 g/mol. The van der Waals surface area contributed by atoms with Crippen LogP contribution in [0.1, 0.15) is 37.0 Å². The summed E-state index contributed by atoms with van der Waals surface area (Å²) >= 11 is 0. The Hall–Kier alpha value is -1.71. The highest BCUT2D eigenvalue weighted by Crippen LogP contribution is 2.32. The Morgan fingerprint density at radius 1 is 1.20 bits per heavy atom. The number of rotatable bonds is 2. The Morgan fingerprint density at radius 2 is 2.00 bits per heavy atom. The van der Waals surface area contributed by atoms with Crippen molar-refractivity contribution in [2.45, 2.75) is 32.7 Å². The van der Waals surface area contributed by atoms with Crippen molar-refractivity contribution in [2.24, 2.45) is 11.8 Å². The second-order valence-electron chi connectivity index (χ2n) is 6.08. The number of hydrogen-bond donors (Lipinski definition) is 3. The smallest absolute Gasteiger partial charge is 0.253 e. The first kappa shape index (κ1) is 13.3. The number of fused-ring (bicyclic) bond motifs is 1. The summed E-state index contributed by atoms with van der Waals surface area (Å²) in [5, 5.41) is 9.88. The molecule has 108 valence electrons. The van der Waals surface area contributed by atoms with Crippen LogP contribution in [0.4, 0.5) is 11.4 Å². The van der Waals surface area contributed by atoms with Gasteiger partial charge in [0.05, 0.1) is 16.9 Å². The van der Waals surface area contributed by atoms with Crippen molar-refractivity contribution in [2.75, 3.05) is 23.7 Å². The number of carbonyl (C=O) groups excluding carboxylic acids is 1. The number of hydrogen-bond acceptors (Lipinski definition) is 3. The topological polar surface area (TPSA) is 53.2 Å². The van der Waals surface area contributed by atoms with Gasteiger partial charge in [-0.2, -0.15) is 0 Å². The monoisotopic (exact) mass is 273 g/mol. The zero-order valence-corrected chi connectivity index (χ0v) is 12.2. The van der Waals surface area contributed by atoms with E-state index in [0.29, 0.717) is 17.9 Å². The Labute approximate surface area is 120 Å². The van der Waals surface area contributed by atoms with Crippen LogP contribution < -0.4 is 16.0 Å². The molecule has 0 spiro atoms. The lowest BCUT2D eigenvalue weighted by Gasteiger charge is -2.24. The second-order valence-corrected chi connectivity index (χ2v) is 6.08. The molecule has 1 saturated carbocycles. The molecule has 4 heteroatoms. The van der Waals surface area contributed by atoms with E-state index in [0.717, 1.165) is 36.4 Å². The first-order chi connectivity index (χ1) is 9.66. The van der Waals surface area contributed by atoms with Crippen LogP contribution in [0.3, 0.4) is 0 Å². The molecule has 20 heavy (non-hydrogen) atoms. The fourth-order valence-corrected chi connectivity index (χ4v) is 3.28. The molecule has 3 N–H and O–H groups in total. The van der Waals surface area contributed by atoms with Gasteiger partial charge in [-0.05, 0) is 36.8 Å². The van der Waals surface area contributed by atoms with E-state index in [1.54, 1.807) is 0 Å².